The molecule has 6 aromatic rings. The molecule has 0 saturated heterocycles. The minimum absolute atomic E-state index is 0.0957. The van der Waals surface area contributed by atoms with Crippen molar-refractivity contribution >= 4 is 75.3 Å². The van der Waals surface area contributed by atoms with Crippen LogP contribution in [0.3, 0.4) is 0 Å². The first-order valence-electron chi connectivity index (χ1n) is 13.8. The highest BCUT2D eigenvalue weighted by Crippen LogP contribution is 2.46. The number of phenolic OH excluding ortho intramolecular Hbond substituents is 2. The number of hydrogen-bond donors (Lipinski definition) is 4. The van der Waals surface area contributed by atoms with Crippen LogP contribution in [-0.2, 0) is 20.2 Å². The Morgan fingerprint density at radius 2 is 1.28 bits per heavy atom. The molecule has 238 valence electrons. The monoisotopic (exact) mass is 672 g/mol. The van der Waals surface area contributed by atoms with E-state index in [9.17, 15) is 36.2 Å². The van der Waals surface area contributed by atoms with E-state index in [1.54, 1.807) is 61.5 Å². The van der Waals surface area contributed by atoms with Crippen LogP contribution in [0, 0.1) is 0 Å². The van der Waals surface area contributed by atoms with Gasteiger partial charge in [0.2, 0.25) is 0 Å². The van der Waals surface area contributed by atoms with E-state index in [0.717, 1.165) is 6.07 Å². The number of ether oxygens (including phenoxy) is 1. The lowest BCUT2D eigenvalue weighted by atomic mass is 10.1. The first-order valence-corrected chi connectivity index (χ1v) is 16.7. The molecular weight excluding hydrogens is 649 g/mol. The zero-order chi connectivity index (χ0) is 33.5. The first-order chi connectivity index (χ1) is 22.4. The van der Waals surface area contributed by atoms with Gasteiger partial charge in [-0.3, -0.25) is 9.11 Å². The van der Waals surface area contributed by atoms with E-state index in [-0.39, 0.29) is 51.3 Å². The molecule has 47 heavy (non-hydrogen) atoms. The number of benzene rings is 6. The Bertz CT molecular complexity index is 2520. The van der Waals surface area contributed by atoms with Crippen LogP contribution in [0.2, 0.25) is 0 Å². The van der Waals surface area contributed by atoms with Crippen molar-refractivity contribution < 1.29 is 40.9 Å². The van der Waals surface area contributed by atoms with E-state index < -0.39 is 41.5 Å². The summed E-state index contributed by atoms with van der Waals surface area (Å²) in [5.74, 6) is -0.858. The Kier molecular flexibility index (Phi) is 8.07. The summed E-state index contributed by atoms with van der Waals surface area (Å²) in [6.45, 7) is 1.90. The summed E-state index contributed by atoms with van der Waals surface area (Å²) >= 11 is 0. The van der Waals surface area contributed by atoms with E-state index >= 15 is 0 Å². The summed E-state index contributed by atoms with van der Waals surface area (Å²) in [5, 5.41) is 39.6. The highest BCUT2D eigenvalue weighted by atomic mass is 32.2. The smallest absolute Gasteiger partial charge is 0.297 e. The van der Waals surface area contributed by atoms with Gasteiger partial charge in [-0.15, -0.1) is 20.5 Å². The lowest BCUT2D eigenvalue weighted by Gasteiger charge is -2.12. The Balaban J connectivity index is 1.52. The van der Waals surface area contributed by atoms with E-state index in [2.05, 4.69) is 20.5 Å². The van der Waals surface area contributed by atoms with Crippen LogP contribution in [-0.4, -0.2) is 42.8 Å². The largest absolute Gasteiger partial charge is 0.507 e. The Hall–Kier alpha value is -5.48. The topological polar surface area (TPSA) is 208 Å². The summed E-state index contributed by atoms with van der Waals surface area (Å²) in [4.78, 5) is -0.997. The van der Waals surface area contributed by atoms with Gasteiger partial charge in [0.05, 0.1) is 17.7 Å². The van der Waals surface area contributed by atoms with Gasteiger partial charge in [-0.05, 0) is 30.5 Å². The molecule has 0 heterocycles. The van der Waals surface area contributed by atoms with Crippen LogP contribution in [0.15, 0.2) is 121 Å². The molecule has 0 aliphatic carbocycles. The van der Waals surface area contributed by atoms with Crippen LogP contribution in [0.1, 0.15) is 6.92 Å². The average Bonchev–Trinajstić information content (AvgIpc) is 3.02. The quantitative estimate of drug-likeness (QED) is 0.0904. The first kappa shape index (κ1) is 31.5. The van der Waals surface area contributed by atoms with Crippen molar-refractivity contribution in [2.75, 3.05) is 6.61 Å². The predicted octanol–water partition coefficient (Wildman–Crippen LogP) is 8.28. The van der Waals surface area contributed by atoms with Crippen molar-refractivity contribution in [3.63, 3.8) is 0 Å². The number of azo groups is 2. The number of aromatic hydroxyl groups is 2. The van der Waals surface area contributed by atoms with Crippen LogP contribution < -0.4 is 4.74 Å². The third kappa shape index (κ3) is 5.95. The Labute approximate surface area is 267 Å². The molecule has 0 aliphatic heterocycles. The number of nitrogens with zero attached hydrogens (tertiary/aromatic N) is 4. The van der Waals surface area contributed by atoms with Gasteiger partial charge in [-0.2, -0.15) is 16.8 Å². The summed E-state index contributed by atoms with van der Waals surface area (Å²) in [7, 11) is -9.50. The lowest BCUT2D eigenvalue weighted by molar-refractivity contribution is 0.342. The zero-order valence-corrected chi connectivity index (χ0v) is 25.9. The number of hydrogen-bond acceptors (Lipinski definition) is 11. The summed E-state index contributed by atoms with van der Waals surface area (Å²) < 4.78 is 74.9. The molecule has 0 unspecified atom stereocenters. The average molecular weight is 673 g/mol. The summed E-state index contributed by atoms with van der Waals surface area (Å²) in [6, 6.07) is 22.8. The molecule has 0 amide bonds. The standard InChI is InChI=1S/C32H24N4O9S2/c1-2-45-27-16-24(34-33-23-15-14-18-8-3-4-9-19(18)32(23)47(42,43)44)20-10-5-6-11-21(20)30(27)36-35-25-17-28(46(39,40)41)22-12-7-13-26(37)29(22)31(25)38/h3-17,37-38H,2H2,1H3,(H,39,40,41)(H,42,43,44). The fourth-order valence-corrected chi connectivity index (χ4v) is 6.79. The van der Waals surface area contributed by atoms with Crippen LogP contribution in [0.4, 0.5) is 22.7 Å². The normalized spacial score (nSPS) is 12.6. The molecule has 6 aromatic carbocycles. The minimum atomic E-state index is -4.80. The molecule has 0 saturated carbocycles. The van der Waals surface area contributed by atoms with Gasteiger partial charge in [0, 0.05) is 27.6 Å². The van der Waals surface area contributed by atoms with Gasteiger partial charge in [0.25, 0.3) is 20.2 Å². The van der Waals surface area contributed by atoms with Gasteiger partial charge >= 0.3 is 0 Å². The molecule has 0 fully saturated rings. The Morgan fingerprint density at radius 1 is 0.638 bits per heavy atom. The van der Waals surface area contributed by atoms with E-state index in [1.165, 1.54) is 30.3 Å². The zero-order valence-electron chi connectivity index (χ0n) is 24.3. The fourth-order valence-electron chi connectivity index (χ4n) is 5.24. The molecule has 6 rings (SSSR count). The van der Waals surface area contributed by atoms with Crippen LogP contribution in [0.5, 0.6) is 17.2 Å². The van der Waals surface area contributed by atoms with E-state index in [0.29, 0.717) is 16.2 Å². The molecule has 0 bridgehead atoms. The highest BCUT2D eigenvalue weighted by molar-refractivity contribution is 7.86. The second kappa shape index (κ2) is 12.0. The molecule has 0 aliphatic rings. The van der Waals surface area contributed by atoms with Gasteiger partial charge in [-0.1, -0.05) is 66.7 Å². The lowest BCUT2D eigenvalue weighted by Crippen LogP contribution is -1.99. The maximum atomic E-state index is 12.4. The van der Waals surface area contributed by atoms with Crippen molar-refractivity contribution in [1.29, 1.82) is 0 Å². The van der Waals surface area contributed by atoms with Crippen LogP contribution in [0.25, 0.3) is 32.3 Å². The molecule has 0 spiro atoms. The van der Waals surface area contributed by atoms with Gasteiger partial charge in [0.1, 0.15) is 38.4 Å². The second-order valence-electron chi connectivity index (χ2n) is 10.1. The third-order valence-electron chi connectivity index (χ3n) is 7.23. The molecule has 15 heteroatoms. The van der Waals surface area contributed by atoms with Gasteiger partial charge < -0.3 is 14.9 Å². The Morgan fingerprint density at radius 3 is 1.98 bits per heavy atom. The minimum Gasteiger partial charge on any atom is -0.507 e. The highest BCUT2D eigenvalue weighted by Gasteiger charge is 2.23. The van der Waals surface area contributed by atoms with Gasteiger partial charge in [0.15, 0.2) is 5.75 Å². The maximum absolute atomic E-state index is 12.4. The van der Waals surface area contributed by atoms with Crippen molar-refractivity contribution in [2.45, 2.75) is 16.7 Å². The van der Waals surface area contributed by atoms with Crippen molar-refractivity contribution in [1.82, 2.24) is 0 Å². The van der Waals surface area contributed by atoms with Crippen molar-refractivity contribution in [3.05, 3.63) is 91.0 Å². The van der Waals surface area contributed by atoms with Gasteiger partial charge in [-0.25, -0.2) is 0 Å². The van der Waals surface area contributed by atoms with Crippen molar-refractivity contribution in [3.8, 4) is 17.2 Å². The second-order valence-corrected chi connectivity index (χ2v) is 12.9. The maximum Gasteiger partial charge on any atom is 0.297 e. The summed E-state index contributed by atoms with van der Waals surface area (Å²) in [5.41, 5.74) is -0.0434. The van der Waals surface area contributed by atoms with Crippen LogP contribution >= 0.6 is 0 Å². The molecular formula is C32H24N4O9S2. The fraction of sp³-hybridized carbons (Fsp3) is 0.0625. The SMILES string of the molecule is CCOc1cc(N=Nc2ccc3ccccc3c2S(=O)(=O)O)c2ccccc2c1N=Nc1cc(S(=O)(=O)O)c2cccc(O)c2c1O. The molecule has 0 radical (unpaired) electrons. The number of rotatable bonds is 8. The third-order valence-corrected chi connectivity index (χ3v) is 9.07. The molecule has 4 N–H and O–H groups in total. The number of phenols is 2. The number of fused-ring (bicyclic) bond motifs is 3. The van der Waals surface area contributed by atoms with E-state index in [4.69, 9.17) is 4.74 Å². The van der Waals surface area contributed by atoms with E-state index in [1.807, 2.05) is 0 Å². The molecule has 0 atom stereocenters. The van der Waals surface area contributed by atoms with Crippen molar-refractivity contribution in [2.24, 2.45) is 20.5 Å². The molecule has 13 nitrogen and oxygen atoms in total. The molecule has 0 aromatic heterocycles. The summed E-state index contributed by atoms with van der Waals surface area (Å²) in [6.07, 6.45) is 0. The predicted molar refractivity (Wildman–Crippen MR) is 174 cm³/mol.